The number of benzene rings is 1. The molecule has 2 rings (SSSR count). The fourth-order valence-electron chi connectivity index (χ4n) is 2.32. The van der Waals surface area contributed by atoms with Crippen molar-refractivity contribution in [2.75, 3.05) is 13.1 Å². The quantitative estimate of drug-likeness (QED) is 0.726. The predicted molar refractivity (Wildman–Crippen MR) is 65.7 cm³/mol. The average Bonchev–Trinajstić information content (AvgIpc) is 2.39. The second-order valence-electron chi connectivity index (χ2n) is 4.50. The molecule has 0 aliphatic carbocycles. The molecule has 16 heavy (non-hydrogen) atoms. The molecule has 0 bridgehead atoms. The van der Waals surface area contributed by atoms with E-state index in [0.29, 0.717) is 0 Å². The van der Waals surface area contributed by atoms with Crippen molar-refractivity contribution in [3.05, 3.63) is 35.9 Å². The predicted octanol–water partition coefficient (Wildman–Crippen LogP) is 2.74. The Hall–Kier alpha value is -1.15. The molecule has 1 fully saturated rings. The molecule has 2 nitrogen and oxygen atoms in total. The van der Waals surface area contributed by atoms with Gasteiger partial charge in [-0.05, 0) is 32.9 Å². The van der Waals surface area contributed by atoms with Crippen LogP contribution in [0.4, 0.5) is 0 Å². The first kappa shape index (κ1) is 11.3. The molecule has 1 heterocycles. The normalized spacial score (nSPS) is 19.3. The van der Waals surface area contributed by atoms with Crippen molar-refractivity contribution < 1.29 is 4.79 Å². The van der Waals surface area contributed by atoms with Gasteiger partial charge in [0, 0.05) is 5.56 Å². The number of hydrogen-bond acceptors (Lipinski definition) is 2. The van der Waals surface area contributed by atoms with Crippen molar-refractivity contribution in [2.24, 2.45) is 0 Å². The third kappa shape index (κ3) is 2.50. The standard InChI is InChI=1S/C14H19NO/c1-12(15-10-6-3-7-11-15)14(16)13-8-4-2-5-9-13/h2,4-5,8-9,12H,3,6-7,10-11H2,1H3. The minimum atomic E-state index is 0.0303. The number of likely N-dealkylation sites (tertiary alicyclic amines) is 1. The summed E-state index contributed by atoms with van der Waals surface area (Å²) in [6.07, 6.45) is 3.77. The van der Waals surface area contributed by atoms with E-state index in [2.05, 4.69) is 4.90 Å². The first-order valence-corrected chi connectivity index (χ1v) is 6.12. The van der Waals surface area contributed by atoms with Crippen LogP contribution in [0.1, 0.15) is 36.5 Å². The summed E-state index contributed by atoms with van der Waals surface area (Å²) in [6, 6.07) is 9.64. The molecule has 0 aromatic heterocycles. The molecule has 86 valence electrons. The molecule has 0 radical (unpaired) electrons. The van der Waals surface area contributed by atoms with Gasteiger partial charge in [0.2, 0.25) is 0 Å². The first-order valence-electron chi connectivity index (χ1n) is 6.12. The molecule has 1 unspecified atom stereocenters. The van der Waals surface area contributed by atoms with Gasteiger partial charge < -0.3 is 0 Å². The maximum absolute atomic E-state index is 12.2. The topological polar surface area (TPSA) is 20.3 Å². The van der Waals surface area contributed by atoms with Crippen LogP contribution in [0.3, 0.4) is 0 Å². The van der Waals surface area contributed by atoms with Crippen LogP contribution in [0.25, 0.3) is 0 Å². The molecule has 1 atom stereocenters. The van der Waals surface area contributed by atoms with Gasteiger partial charge in [-0.3, -0.25) is 9.69 Å². The van der Waals surface area contributed by atoms with E-state index in [-0.39, 0.29) is 11.8 Å². The van der Waals surface area contributed by atoms with Gasteiger partial charge in [0.15, 0.2) is 5.78 Å². The maximum atomic E-state index is 12.2. The summed E-state index contributed by atoms with van der Waals surface area (Å²) >= 11 is 0. The summed E-state index contributed by atoms with van der Waals surface area (Å²) < 4.78 is 0. The summed E-state index contributed by atoms with van der Waals surface area (Å²) in [6.45, 7) is 4.17. The van der Waals surface area contributed by atoms with Crippen LogP contribution in [-0.4, -0.2) is 29.8 Å². The second kappa shape index (κ2) is 5.26. The summed E-state index contributed by atoms with van der Waals surface area (Å²) in [7, 11) is 0. The van der Waals surface area contributed by atoms with Gasteiger partial charge in [0.25, 0.3) is 0 Å². The molecule has 1 saturated heterocycles. The van der Waals surface area contributed by atoms with Crippen molar-refractivity contribution in [2.45, 2.75) is 32.2 Å². The number of Topliss-reactive ketones (excluding diaryl/α,β-unsaturated/α-hetero) is 1. The number of ketones is 1. The third-order valence-electron chi connectivity index (χ3n) is 3.38. The lowest BCUT2D eigenvalue weighted by Crippen LogP contribution is -2.42. The van der Waals surface area contributed by atoms with Gasteiger partial charge >= 0.3 is 0 Å². The Morgan fingerprint density at radius 1 is 1.12 bits per heavy atom. The van der Waals surface area contributed by atoms with Gasteiger partial charge in [0.1, 0.15) is 0 Å². The molecule has 1 aromatic rings. The van der Waals surface area contributed by atoms with E-state index < -0.39 is 0 Å². The second-order valence-corrected chi connectivity index (χ2v) is 4.50. The van der Waals surface area contributed by atoms with Crippen molar-refractivity contribution in [3.8, 4) is 0 Å². The molecule has 0 spiro atoms. The maximum Gasteiger partial charge on any atom is 0.179 e. The molecule has 1 aliphatic rings. The van der Waals surface area contributed by atoms with Crippen LogP contribution in [0.2, 0.25) is 0 Å². The van der Waals surface area contributed by atoms with Crippen LogP contribution in [0, 0.1) is 0 Å². The highest BCUT2D eigenvalue weighted by Crippen LogP contribution is 2.15. The lowest BCUT2D eigenvalue weighted by Gasteiger charge is -2.31. The van der Waals surface area contributed by atoms with E-state index in [1.165, 1.54) is 19.3 Å². The van der Waals surface area contributed by atoms with Gasteiger partial charge in [-0.1, -0.05) is 36.8 Å². The van der Waals surface area contributed by atoms with E-state index >= 15 is 0 Å². The average molecular weight is 217 g/mol. The molecule has 1 aromatic carbocycles. The van der Waals surface area contributed by atoms with Crippen molar-refractivity contribution in [1.82, 2.24) is 4.90 Å². The Balaban J connectivity index is 2.04. The van der Waals surface area contributed by atoms with Crippen LogP contribution < -0.4 is 0 Å². The Bertz CT molecular complexity index is 341. The minimum absolute atomic E-state index is 0.0303. The number of hydrogen-bond donors (Lipinski definition) is 0. The Morgan fingerprint density at radius 3 is 2.38 bits per heavy atom. The van der Waals surface area contributed by atoms with Gasteiger partial charge in [0.05, 0.1) is 6.04 Å². The fourth-order valence-corrected chi connectivity index (χ4v) is 2.32. The zero-order chi connectivity index (χ0) is 11.4. The summed E-state index contributed by atoms with van der Waals surface area (Å²) in [5.41, 5.74) is 0.834. The highest BCUT2D eigenvalue weighted by molar-refractivity contribution is 5.99. The van der Waals surface area contributed by atoms with Gasteiger partial charge in [-0.25, -0.2) is 0 Å². The number of piperidine rings is 1. The van der Waals surface area contributed by atoms with E-state index in [4.69, 9.17) is 0 Å². The zero-order valence-electron chi connectivity index (χ0n) is 9.86. The summed E-state index contributed by atoms with van der Waals surface area (Å²) in [5, 5.41) is 0. The molecule has 0 saturated carbocycles. The fraction of sp³-hybridized carbons (Fsp3) is 0.500. The lowest BCUT2D eigenvalue weighted by molar-refractivity contribution is 0.0809. The first-order chi connectivity index (χ1) is 7.79. The van der Waals surface area contributed by atoms with E-state index in [1.54, 1.807) is 0 Å². The SMILES string of the molecule is CC(C(=O)c1ccccc1)N1CCCCC1. The molecule has 0 N–H and O–H groups in total. The largest absolute Gasteiger partial charge is 0.294 e. The number of nitrogens with zero attached hydrogens (tertiary/aromatic N) is 1. The van der Waals surface area contributed by atoms with E-state index in [0.717, 1.165) is 18.7 Å². The molecular weight excluding hydrogens is 198 g/mol. The monoisotopic (exact) mass is 217 g/mol. The molecule has 2 heteroatoms. The Kier molecular flexibility index (Phi) is 3.73. The Labute approximate surface area is 97.3 Å². The highest BCUT2D eigenvalue weighted by Gasteiger charge is 2.23. The van der Waals surface area contributed by atoms with Crippen LogP contribution in [0.5, 0.6) is 0 Å². The minimum Gasteiger partial charge on any atom is -0.294 e. The third-order valence-corrected chi connectivity index (χ3v) is 3.38. The number of rotatable bonds is 3. The van der Waals surface area contributed by atoms with E-state index in [1.807, 2.05) is 37.3 Å². The van der Waals surface area contributed by atoms with E-state index in [9.17, 15) is 4.79 Å². The van der Waals surface area contributed by atoms with Crippen LogP contribution >= 0.6 is 0 Å². The van der Waals surface area contributed by atoms with Crippen molar-refractivity contribution in [1.29, 1.82) is 0 Å². The van der Waals surface area contributed by atoms with Crippen molar-refractivity contribution in [3.63, 3.8) is 0 Å². The number of carbonyl (C=O) groups excluding carboxylic acids is 1. The smallest absolute Gasteiger partial charge is 0.179 e. The zero-order valence-corrected chi connectivity index (χ0v) is 9.86. The van der Waals surface area contributed by atoms with Crippen LogP contribution in [-0.2, 0) is 0 Å². The van der Waals surface area contributed by atoms with Gasteiger partial charge in [-0.2, -0.15) is 0 Å². The van der Waals surface area contributed by atoms with Gasteiger partial charge in [-0.15, -0.1) is 0 Å². The number of carbonyl (C=O) groups is 1. The lowest BCUT2D eigenvalue weighted by atomic mass is 10.0. The molecular formula is C14H19NO. The molecule has 0 amide bonds. The van der Waals surface area contributed by atoms with Crippen LogP contribution in [0.15, 0.2) is 30.3 Å². The summed E-state index contributed by atoms with van der Waals surface area (Å²) in [5.74, 6) is 0.252. The molecule has 1 aliphatic heterocycles. The Morgan fingerprint density at radius 2 is 1.75 bits per heavy atom. The van der Waals surface area contributed by atoms with Crippen molar-refractivity contribution >= 4 is 5.78 Å². The summed E-state index contributed by atoms with van der Waals surface area (Å²) in [4.78, 5) is 14.5. The highest BCUT2D eigenvalue weighted by atomic mass is 16.1.